The van der Waals surface area contributed by atoms with E-state index in [1.165, 1.54) is 0 Å². The van der Waals surface area contributed by atoms with E-state index in [9.17, 15) is 9.59 Å². The zero-order chi connectivity index (χ0) is 11.1. The van der Waals surface area contributed by atoms with Crippen molar-refractivity contribution in [1.29, 1.82) is 0 Å². The highest BCUT2D eigenvalue weighted by atomic mass is 16.2. The maximum Gasteiger partial charge on any atom is 0.234 e. The van der Waals surface area contributed by atoms with Gasteiger partial charge in [0.25, 0.3) is 0 Å². The van der Waals surface area contributed by atoms with Gasteiger partial charge in [-0.05, 0) is 20.9 Å². The minimum absolute atomic E-state index is 0.0811. The average molecular weight is 201 g/mol. The molecule has 0 aromatic heterocycles. The summed E-state index contributed by atoms with van der Waals surface area (Å²) in [6, 6.07) is 0.330. The Morgan fingerprint density at radius 3 is 2.43 bits per heavy atom. The van der Waals surface area contributed by atoms with Crippen molar-refractivity contribution in [3.63, 3.8) is 0 Å². The number of nitrogens with zero attached hydrogens (tertiary/aromatic N) is 1. The number of amides is 2. The van der Waals surface area contributed by atoms with Crippen molar-refractivity contribution in [1.82, 2.24) is 10.2 Å². The molecule has 14 heavy (non-hydrogen) atoms. The summed E-state index contributed by atoms with van der Waals surface area (Å²) in [5, 5.41) is 2.62. The molecule has 82 valence electrons. The Balaban J connectivity index is 3.60. The van der Waals surface area contributed by atoms with Gasteiger partial charge in [0.15, 0.2) is 0 Å². The van der Waals surface area contributed by atoms with Crippen LogP contribution in [-0.4, -0.2) is 42.9 Å². The lowest BCUT2D eigenvalue weighted by Gasteiger charge is -2.19. The van der Waals surface area contributed by atoms with Crippen LogP contribution in [0.15, 0.2) is 0 Å². The number of primary amides is 1. The van der Waals surface area contributed by atoms with Gasteiger partial charge in [-0.25, -0.2) is 0 Å². The van der Waals surface area contributed by atoms with Crippen LogP contribution in [0.5, 0.6) is 0 Å². The molecule has 0 aliphatic heterocycles. The lowest BCUT2D eigenvalue weighted by atomic mass is 10.3. The topological polar surface area (TPSA) is 75.4 Å². The highest BCUT2D eigenvalue weighted by Gasteiger charge is 2.08. The molecular weight excluding hydrogens is 182 g/mol. The second kappa shape index (κ2) is 6.37. The average Bonchev–Trinajstić information content (AvgIpc) is 2.02. The first-order valence-corrected chi connectivity index (χ1v) is 4.68. The number of hydrogen-bond acceptors (Lipinski definition) is 3. The van der Waals surface area contributed by atoms with Gasteiger partial charge in [-0.2, -0.15) is 0 Å². The molecule has 0 saturated carbocycles. The maximum absolute atomic E-state index is 11.2. The first kappa shape index (κ1) is 12.9. The molecule has 0 aliphatic carbocycles. The highest BCUT2D eigenvalue weighted by molar-refractivity contribution is 5.79. The molecule has 0 fully saturated rings. The van der Waals surface area contributed by atoms with Crippen LogP contribution in [0, 0.1) is 0 Å². The number of likely N-dealkylation sites (N-methyl/N-ethyl adjacent to an activating group) is 1. The van der Waals surface area contributed by atoms with E-state index in [1.807, 2.05) is 25.8 Å². The van der Waals surface area contributed by atoms with E-state index in [4.69, 9.17) is 5.73 Å². The predicted octanol–water partition coefficient (Wildman–Crippen LogP) is -0.682. The second-order valence-electron chi connectivity index (χ2n) is 3.58. The molecule has 3 N–H and O–H groups in total. The molecule has 0 aliphatic rings. The van der Waals surface area contributed by atoms with Crippen molar-refractivity contribution in [3.05, 3.63) is 0 Å². The van der Waals surface area contributed by atoms with Crippen LogP contribution < -0.4 is 11.1 Å². The number of carbonyl (C=O) groups excluding carboxylic acids is 2. The molecule has 0 aromatic rings. The lowest BCUT2D eigenvalue weighted by molar-refractivity contribution is -0.122. The third-order valence-corrected chi connectivity index (χ3v) is 1.97. The lowest BCUT2D eigenvalue weighted by Crippen LogP contribution is -2.39. The van der Waals surface area contributed by atoms with Gasteiger partial charge in [0.2, 0.25) is 11.8 Å². The van der Waals surface area contributed by atoms with E-state index < -0.39 is 5.91 Å². The minimum atomic E-state index is -0.400. The molecule has 0 radical (unpaired) electrons. The fraction of sp³-hybridized carbons (Fsp3) is 0.778. The molecule has 2 amide bonds. The normalized spacial score (nSPS) is 10.6. The second-order valence-corrected chi connectivity index (χ2v) is 3.58. The van der Waals surface area contributed by atoms with E-state index in [2.05, 4.69) is 5.32 Å². The molecule has 0 unspecified atom stereocenters. The Bertz CT molecular complexity index is 204. The monoisotopic (exact) mass is 201 g/mol. The van der Waals surface area contributed by atoms with E-state index in [1.54, 1.807) is 0 Å². The highest BCUT2D eigenvalue weighted by Crippen LogP contribution is 1.91. The van der Waals surface area contributed by atoms with Crippen LogP contribution >= 0.6 is 0 Å². The molecule has 5 nitrogen and oxygen atoms in total. The summed E-state index contributed by atoms with van der Waals surface area (Å²) in [7, 11) is 1.87. The zero-order valence-electron chi connectivity index (χ0n) is 9.04. The quantitative estimate of drug-likeness (QED) is 0.597. The van der Waals surface area contributed by atoms with Gasteiger partial charge in [-0.1, -0.05) is 0 Å². The number of nitrogens with one attached hydrogen (secondary N) is 1. The Morgan fingerprint density at radius 1 is 1.43 bits per heavy atom. The van der Waals surface area contributed by atoms with E-state index >= 15 is 0 Å². The van der Waals surface area contributed by atoms with Crippen molar-refractivity contribution in [2.45, 2.75) is 26.3 Å². The van der Waals surface area contributed by atoms with Crippen LogP contribution in [-0.2, 0) is 9.59 Å². The summed E-state index contributed by atoms with van der Waals surface area (Å²) in [4.78, 5) is 23.5. The summed E-state index contributed by atoms with van der Waals surface area (Å²) in [5.41, 5.74) is 4.93. The molecule has 0 spiro atoms. The van der Waals surface area contributed by atoms with Crippen LogP contribution in [0.4, 0.5) is 0 Å². The minimum Gasteiger partial charge on any atom is -0.370 e. The van der Waals surface area contributed by atoms with Crippen molar-refractivity contribution in [2.24, 2.45) is 5.73 Å². The van der Waals surface area contributed by atoms with E-state index in [-0.39, 0.29) is 12.3 Å². The smallest absolute Gasteiger partial charge is 0.234 e. The number of hydrogen-bond donors (Lipinski definition) is 2. The van der Waals surface area contributed by atoms with E-state index in [0.717, 1.165) is 0 Å². The van der Waals surface area contributed by atoms with Gasteiger partial charge in [0, 0.05) is 19.0 Å². The Kier molecular flexibility index (Phi) is 5.87. The first-order valence-electron chi connectivity index (χ1n) is 4.68. The van der Waals surface area contributed by atoms with Crippen LogP contribution in [0.25, 0.3) is 0 Å². The largest absolute Gasteiger partial charge is 0.370 e. The van der Waals surface area contributed by atoms with Crippen molar-refractivity contribution in [2.75, 3.05) is 20.1 Å². The molecule has 0 saturated heterocycles. The summed E-state index contributed by atoms with van der Waals surface area (Å²) < 4.78 is 0. The molecule has 0 rings (SSSR count). The molecule has 0 bridgehead atoms. The third-order valence-electron chi connectivity index (χ3n) is 1.97. The Hall–Kier alpha value is -1.10. The van der Waals surface area contributed by atoms with Gasteiger partial charge in [-0.3, -0.25) is 14.5 Å². The fourth-order valence-corrected chi connectivity index (χ4v) is 0.790. The predicted molar refractivity (Wildman–Crippen MR) is 54.6 cm³/mol. The van der Waals surface area contributed by atoms with Crippen molar-refractivity contribution < 1.29 is 9.59 Å². The summed E-state index contributed by atoms with van der Waals surface area (Å²) in [6.45, 7) is 4.68. The van der Waals surface area contributed by atoms with Crippen molar-refractivity contribution in [3.8, 4) is 0 Å². The van der Waals surface area contributed by atoms with Gasteiger partial charge < -0.3 is 11.1 Å². The van der Waals surface area contributed by atoms with Gasteiger partial charge >= 0.3 is 0 Å². The summed E-state index contributed by atoms with van der Waals surface area (Å²) in [5.74, 6) is -0.482. The van der Waals surface area contributed by atoms with E-state index in [0.29, 0.717) is 19.1 Å². The van der Waals surface area contributed by atoms with Gasteiger partial charge in [0.1, 0.15) is 0 Å². The summed E-state index contributed by atoms with van der Waals surface area (Å²) >= 11 is 0. The third kappa shape index (κ3) is 6.42. The molecular formula is C9H19N3O2. The fourth-order valence-electron chi connectivity index (χ4n) is 0.790. The number of carbonyl (C=O) groups is 2. The van der Waals surface area contributed by atoms with Crippen LogP contribution in [0.2, 0.25) is 0 Å². The summed E-state index contributed by atoms with van der Waals surface area (Å²) in [6.07, 6.45) is 0.192. The standard InChI is InChI=1S/C9H19N3O2/c1-7(2)12(3)6-9(14)11-5-4-8(10)13/h7H,4-6H2,1-3H3,(H2,10,13)(H,11,14). The maximum atomic E-state index is 11.2. The van der Waals surface area contributed by atoms with Crippen molar-refractivity contribution >= 4 is 11.8 Å². The molecule has 5 heteroatoms. The van der Waals surface area contributed by atoms with Gasteiger partial charge in [-0.15, -0.1) is 0 Å². The first-order chi connectivity index (χ1) is 6.43. The van der Waals surface area contributed by atoms with Gasteiger partial charge in [0.05, 0.1) is 6.54 Å². The van der Waals surface area contributed by atoms with Crippen LogP contribution in [0.1, 0.15) is 20.3 Å². The molecule has 0 atom stereocenters. The van der Waals surface area contributed by atoms with Crippen LogP contribution in [0.3, 0.4) is 0 Å². The Labute approximate surface area is 84.6 Å². The number of rotatable bonds is 6. The number of nitrogens with two attached hydrogens (primary N) is 1. The molecule has 0 aromatic carbocycles. The zero-order valence-corrected chi connectivity index (χ0v) is 9.04. The SMILES string of the molecule is CC(C)N(C)CC(=O)NCCC(N)=O. The molecule has 0 heterocycles. The Morgan fingerprint density at radius 2 is 2.00 bits per heavy atom.